The highest BCUT2D eigenvalue weighted by atomic mass is 16.6. The Morgan fingerprint density at radius 3 is 1.34 bits per heavy atom. The summed E-state index contributed by atoms with van der Waals surface area (Å²) in [6, 6.07) is -0.621. The molecule has 0 aliphatic rings. The van der Waals surface area contributed by atoms with Crippen LogP contribution in [-0.4, -0.2) is 80.6 Å². The summed E-state index contributed by atoms with van der Waals surface area (Å²) < 4.78 is 17.3. The van der Waals surface area contributed by atoms with Gasteiger partial charge in [-0.25, -0.2) is 4.79 Å². The molecule has 0 aliphatic carbocycles. The molecule has 0 aromatic heterocycles. The van der Waals surface area contributed by atoms with Crippen molar-refractivity contribution >= 4 is 17.9 Å². The van der Waals surface area contributed by atoms with E-state index in [0.29, 0.717) is 19.3 Å². The Hall–Kier alpha value is -3.23. The summed E-state index contributed by atoms with van der Waals surface area (Å²) in [7, 11) is 5.52. The monoisotopic (exact) mass is 869 g/mol. The second-order valence-corrected chi connectivity index (χ2v) is 17.7. The van der Waals surface area contributed by atoms with Gasteiger partial charge in [-0.15, -0.1) is 0 Å². The van der Waals surface area contributed by atoms with Crippen LogP contribution in [0.15, 0.2) is 72.9 Å². The fourth-order valence-electron chi connectivity index (χ4n) is 6.99. The van der Waals surface area contributed by atoms with Crippen molar-refractivity contribution in [1.82, 2.24) is 0 Å². The van der Waals surface area contributed by atoms with E-state index in [9.17, 15) is 19.5 Å². The maximum atomic E-state index is 12.8. The summed E-state index contributed by atoms with van der Waals surface area (Å²) in [6.45, 7) is 4.58. The molecule has 0 amide bonds. The van der Waals surface area contributed by atoms with E-state index in [1.165, 1.54) is 77.0 Å². The minimum atomic E-state index is -0.880. The van der Waals surface area contributed by atoms with E-state index in [2.05, 4.69) is 86.8 Å². The summed E-state index contributed by atoms with van der Waals surface area (Å²) >= 11 is 0. The van der Waals surface area contributed by atoms with E-state index in [4.69, 9.17) is 14.2 Å². The molecule has 0 spiro atoms. The third kappa shape index (κ3) is 42.1. The lowest BCUT2D eigenvalue weighted by molar-refractivity contribution is -0.887. The van der Waals surface area contributed by atoms with Gasteiger partial charge in [0.2, 0.25) is 0 Å². The van der Waals surface area contributed by atoms with E-state index >= 15 is 0 Å². The quantitative estimate of drug-likeness (QED) is 0.0282. The lowest BCUT2D eigenvalue weighted by Crippen LogP contribution is -2.50. The van der Waals surface area contributed by atoms with Crippen LogP contribution in [0.3, 0.4) is 0 Å². The van der Waals surface area contributed by atoms with Gasteiger partial charge in [0, 0.05) is 19.3 Å². The topological polar surface area (TPSA) is 99.1 Å². The predicted molar refractivity (Wildman–Crippen MR) is 261 cm³/mol. The van der Waals surface area contributed by atoms with Crippen molar-refractivity contribution in [2.45, 2.75) is 212 Å². The fourth-order valence-corrected chi connectivity index (χ4v) is 6.99. The molecule has 0 aromatic carbocycles. The van der Waals surface area contributed by atoms with Crippen LogP contribution >= 0.6 is 0 Å². The lowest BCUT2D eigenvalue weighted by Gasteiger charge is -2.31. The van der Waals surface area contributed by atoms with Crippen molar-refractivity contribution in [3.63, 3.8) is 0 Å². The summed E-state index contributed by atoms with van der Waals surface area (Å²) in [5.41, 5.74) is 0. The summed E-state index contributed by atoms with van der Waals surface area (Å²) in [4.78, 5) is 37.1. The van der Waals surface area contributed by atoms with Gasteiger partial charge in [-0.2, -0.15) is 0 Å². The molecule has 0 aliphatic heterocycles. The number of quaternary nitrogens is 1. The molecular formula is C54H94NO7+. The third-order valence-corrected chi connectivity index (χ3v) is 10.8. The highest BCUT2D eigenvalue weighted by Crippen LogP contribution is 2.14. The number of esters is 2. The van der Waals surface area contributed by atoms with Crippen LogP contribution in [0.4, 0.5) is 0 Å². The zero-order chi connectivity index (χ0) is 45.6. The smallest absolute Gasteiger partial charge is 0.362 e. The van der Waals surface area contributed by atoms with Gasteiger partial charge < -0.3 is 23.8 Å². The Morgan fingerprint density at radius 1 is 0.500 bits per heavy atom. The van der Waals surface area contributed by atoms with Crippen molar-refractivity contribution in [2.75, 3.05) is 41.0 Å². The first-order valence-electron chi connectivity index (χ1n) is 25.0. The largest absolute Gasteiger partial charge is 0.477 e. The number of hydrogen-bond donors (Lipinski definition) is 1. The van der Waals surface area contributed by atoms with E-state index < -0.39 is 18.1 Å². The van der Waals surface area contributed by atoms with E-state index in [-0.39, 0.29) is 36.2 Å². The van der Waals surface area contributed by atoms with Gasteiger partial charge in [0.15, 0.2) is 12.1 Å². The first kappa shape index (κ1) is 58.8. The number of hydrogen-bond acceptors (Lipinski definition) is 6. The van der Waals surface area contributed by atoms with Crippen molar-refractivity contribution < 1.29 is 38.2 Å². The number of rotatable bonds is 44. The van der Waals surface area contributed by atoms with Crippen molar-refractivity contribution in [2.24, 2.45) is 0 Å². The number of aliphatic carboxylic acids is 1. The Morgan fingerprint density at radius 2 is 0.903 bits per heavy atom. The Balaban J connectivity index is 4.29. The SMILES string of the molecule is CC/C=C/C/C=C/C/C=C/CCCCCCCCC(=O)OCC(COCCC(C(=O)O)[N+](C)(C)C)OC(=O)CCCCCCCCCCC/C=C/C/C=C/C/C=C/CCCCC. The number of carbonyl (C=O) groups excluding carboxylic acids is 2. The van der Waals surface area contributed by atoms with E-state index in [1.54, 1.807) is 0 Å². The number of carboxylic acid groups (broad SMARTS) is 1. The molecule has 8 nitrogen and oxygen atoms in total. The molecule has 0 bridgehead atoms. The average molecular weight is 869 g/mol. The molecule has 0 radical (unpaired) electrons. The second kappa shape index (κ2) is 44.4. The molecule has 2 unspecified atom stereocenters. The van der Waals surface area contributed by atoms with Crippen molar-refractivity contribution in [1.29, 1.82) is 0 Å². The van der Waals surface area contributed by atoms with Gasteiger partial charge in [0.05, 0.1) is 34.4 Å². The highest BCUT2D eigenvalue weighted by molar-refractivity contribution is 5.72. The van der Waals surface area contributed by atoms with Crippen LogP contribution in [0.1, 0.15) is 200 Å². The molecular weight excluding hydrogens is 775 g/mol. The molecule has 1 N–H and O–H groups in total. The zero-order valence-corrected chi connectivity index (χ0v) is 40.6. The molecule has 0 aromatic rings. The number of carbonyl (C=O) groups is 3. The first-order chi connectivity index (χ1) is 30.1. The number of ether oxygens (including phenoxy) is 3. The highest BCUT2D eigenvalue weighted by Gasteiger charge is 2.31. The van der Waals surface area contributed by atoms with Gasteiger partial charge in [-0.3, -0.25) is 9.59 Å². The van der Waals surface area contributed by atoms with Gasteiger partial charge in [-0.05, 0) is 83.5 Å². The standard InChI is InChI=1S/C54H93NO7/c1-6-8-10-12-14-16-18-20-22-24-25-26-27-28-29-31-33-35-37-39-41-43-45-53(57)62-50(48-60-47-46-51(54(58)59)55(3,4)5)49-61-52(56)44-42-40-38-36-34-32-30-23-21-19-17-15-13-11-9-7-2/h9,11,14-17,20-23,25-26,50-51H,6-8,10,12-13,18-19,24,27-49H2,1-5H3/p+1/b11-9+,16-14+,17-15+,22-20+,23-21+,26-25+. The summed E-state index contributed by atoms with van der Waals surface area (Å²) in [6.07, 6.45) is 56.6. The molecule has 62 heavy (non-hydrogen) atoms. The Bertz CT molecular complexity index is 1240. The van der Waals surface area contributed by atoms with Crippen LogP contribution in [0.2, 0.25) is 0 Å². The van der Waals surface area contributed by atoms with E-state index in [0.717, 1.165) is 89.9 Å². The lowest BCUT2D eigenvalue weighted by atomic mass is 10.1. The fraction of sp³-hybridized carbons (Fsp3) is 0.722. The van der Waals surface area contributed by atoms with Crippen molar-refractivity contribution in [3.05, 3.63) is 72.9 Å². The number of allylic oxidation sites excluding steroid dienone is 12. The molecule has 8 heteroatoms. The normalized spacial score (nSPS) is 13.5. The van der Waals surface area contributed by atoms with Crippen LogP contribution in [0.5, 0.6) is 0 Å². The number of unbranched alkanes of at least 4 members (excludes halogenated alkanes) is 18. The number of likely N-dealkylation sites (N-methyl/N-ethyl adjacent to an activating group) is 1. The third-order valence-electron chi connectivity index (χ3n) is 10.8. The van der Waals surface area contributed by atoms with Crippen LogP contribution in [-0.2, 0) is 28.6 Å². The Kier molecular flexibility index (Phi) is 42.1. The minimum absolute atomic E-state index is 0.0516. The van der Waals surface area contributed by atoms with Crippen LogP contribution in [0.25, 0.3) is 0 Å². The molecule has 0 saturated heterocycles. The number of nitrogens with zero attached hydrogens (tertiary/aromatic N) is 1. The van der Waals surface area contributed by atoms with Crippen LogP contribution < -0.4 is 0 Å². The maximum Gasteiger partial charge on any atom is 0.362 e. The molecule has 2 atom stereocenters. The van der Waals surface area contributed by atoms with E-state index in [1.807, 2.05) is 21.1 Å². The molecule has 356 valence electrons. The van der Waals surface area contributed by atoms with Gasteiger partial charge in [0.1, 0.15) is 6.61 Å². The molecule has 0 fully saturated rings. The molecule has 0 saturated carbocycles. The average Bonchev–Trinajstić information content (AvgIpc) is 3.23. The van der Waals surface area contributed by atoms with Gasteiger partial charge in [0.25, 0.3) is 0 Å². The molecule has 0 rings (SSSR count). The van der Waals surface area contributed by atoms with Crippen molar-refractivity contribution in [3.8, 4) is 0 Å². The maximum absolute atomic E-state index is 12.8. The summed E-state index contributed by atoms with van der Waals surface area (Å²) in [5, 5.41) is 9.65. The van der Waals surface area contributed by atoms with Crippen LogP contribution in [0, 0.1) is 0 Å². The molecule has 0 heterocycles. The Labute approximate surface area is 381 Å². The first-order valence-corrected chi connectivity index (χ1v) is 25.0. The zero-order valence-electron chi connectivity index (χ0n) is 40.6. The minimum Gasteiger partial charge on any atom is -0.477 e. The predicted octanol–water partition coefficient (Wildman–Crippen LogP) is 14.3. The van der Waals surface area contributed by atoms with Gasteiger partial charge >= 0.3 is 17.9 Å². The summed E-state index contributed by atoms with van der Waals surface area (Å²) in [5.74, 6) is -1.49. The van der Waals surface area contributed by atoms with Gasteiger partial charge in [-0.1, -0.05) is 170 Å². The number of carboxylic acids is 1. The second-order valence-electron chi connectivity index (χ2n) is 17.7.